The van der Waals surface area contributed by atoms with Crippen molar-refractivity contribution in [2.24, 2.45) is 5.92 Å². The van der Waals surface area contributed by atoms with Crippen LogP contribution in [0.1, 0.15) is 36.5 Å². The van der Waals surface area contributed by atoms with Crippen LogP contribution in [0.3, 0.4) is 0 Å². The summed E-state index contributed by atoms with van der Waals surface area (Å²) in [6.07, 6.45) is 2.57. The summed E-state index contributed by atoms with van der Waals surface area (Å²) in [5.74, 6) is 1.39. The van der Waals surface area contributed by atoms with Crippen LogP contribution < -0.4 is 14.8 Å². The number of carbonyl (C=O) groups is 2. The van der Waals surface area contributed by atoms with Crippen LogP contribution in [0.15, 0.2) is 53.2 Å². The summed E-state index contributed by atoms with van der Waals surface area (Å²) < 4.78 is 16.2. The average molecular weight is 481 g/mol. The van der Waals surface area contributed by atoms with Crippen LogP contribution in [0.5, 0.6) is 11.5 Å². The topological polar surface area (TPSA) is 107 Å². The molecule has 3 rings (SSSR count). The Bertz CT molecular complexity index is 1110. The predicted octanol–water partition coefficient (Wildman–Crippen LogP) is 3.60. The van der Waals surface area contributed by atoms with E-state index in [2.05, 4.69) is 15.5 Å². The van der Waals surface area contributed by atoms with E-state index in [1.165, 1.54) is 0 Å². The minimum absolute atomic E-state index is 0.121. The number of hydrogen-bond donors (Lipinski definition) is 1. The van der Waals surface area contributed by atoms with E-state index in [-0.39, 0.29) is 36.4 Å². The lowest BCUT2D eigenvalue weighted by molar-refractivity contribution is -0.121. The molecule has 0 radical (unpaired) electrons. The first-order chi connectivity index (χ1) is 16.9. The molecule has 0 aliphatic carbocycles. The highest BCUT2D eigenvalue weighted by molar-refractivity contribution is 5.93. The molecule has 0 aliphatic heterocycles. The number of rotatable bonds is 12. The quantitative estimate of drug-likeness (QED) is 0.422. The number of ether oxygens (including phenoxy) is 2. The van der Waals surface area contributed by atoms with E-state index in [4.69, 9.17) is 14.0 Å². The van der Waals surface area contributed by atoms with Crippen LogP contribution in [-0.4, -0.2) is 60.7 Å². The van der Waals surface area contributed by atoms with Gasteiger partial charge in [-0.2, -0.15) is 0 Å². The first-order valence-electron chi connectivity index (χ1n) is 11.6. The second kappa shape index (κ2) is 12.5. The van der Waals surface area contributed by atoms with Gasteiger partial charge in [-0.05, 0) is 36.2 Å². The van der Waals surface area contributed by atoms with Gasteiger partial charge >= 0.3 is 0 Å². The van der Waals surface area contributed by atoms with Gasteiger partial charge in [-0.15, -0.1) is 0 Å². The highest BCUT2D eigenvalue weighted by atomic mass is 16.5. The highest BCUT2D eigenvalue weighted by Gasteiger charge is 2.23. The molecule has 9 nitrogen and oxygen atoms in total. The molecule has 2 aromatic heterocycles. The van der Waals surface area contributed by atoms with Crippen LogP contribution in [0.2, 0.25) is 0 Å². The minimum Gasteiger partial charge on any atom is -0.497 e. The molecule has 0 fully saturated rings. The molecule has 0 saturated heterocycles. The predicted molar refractivity (Wildman–Crippen MR) is 131 cm³/mol. The summed E-state index contributed by atoms with van der Waals surface area (Å²) in [7, 11) is 3.12. The Hall–Kier alpha value is -3.88. The molecule has 0 atom stereocenters. The van der Waals surface area contributed by atoms with E-state index in [0.717, 1.165) is 5.69 Å². The molecule has 9 heteroatoms. The molecule has 3 aromatic rings. The van der Waals surface area contributed by atoms with Crippen molar-refractivity contribution in [2.45, 2.75) is 26.7 Å². The Balaban J connectivity index is 1.64. The monoisotopic (exact) mass is 480 g/mol. The number of pyridine rings is 1. The third-order valence-corrected chi connectivity index (χ3v) is 5.31. The molecular weight excluding hydrogens is 448 g/mol. The smallest absolute Gasteiger partial charge is 0.276 e. The maximum atomic E-state index is 13.2. The second-order valence-electron chi connectivity index (χ2n) is 8.46. The lowest BCUT2D eigenvalue weighted by Gasteiger charge is -2.23. The maximum absolute atomic E-state index is 13.2. The fraction of sp³-hybridized carbons (Fsp3) is 0.385. The summed E-state index contributed by atoms with van der Waals surface area (Å²) in [6, 6.07) is 12.6. The van der Waals surface area contributed by atoms with Crippen LogP contribution >= 0.6 is 0 Å². The zero-order chi connectivity index (χ0) is 25.2. The van der Waals surface area contributed by atoms with E-state index >= 15 is 0 Å². The summed E-state index contributed by atoms with van der Waals surface area (Å²) in [5.41, 5.74) is 1.71. The molecule has 2 amide bonds. The summed E-state index contributed by atoms with van der Waals surface area (Å²) in [6.45, 7) is 5.29. The second-order valence-corrected chi connectivity index (χ2v) is 8.46. The highest BCUT2D eigenvalue weighted by Crippen LogP contribution is 2.34. The molecule has 0 aliphatic rings. The molecule has 0 spiro atoms. The summed E-state index contributed by atoms with van der Waals surface area (Å²) in [5, 5.41) is 6.88. The molecule has 35 heavy (non-hydrogen) atoms. The Morgan fingerprint density at radius 2 is 1.94 bits per heavy atom. The molecule has 1 aromatic carbocycles. The van der Waals surface area contributed by atoms with Crippen LogP contribution in [0, 0.1) is 5.92 Å². The Kier molecular flexibility index (Phi) is 9.23. The van der Waals surface area contributed by atoms with Gasteiger partial charge in [-0.1, -0.05) is 25.1 Å². The Morgan fingerprint density at radius 1 is 1.11 bits per heavy atom. The molecular formula is C26H32N4O5. The Labute approximate surface area is 205 Å². The van der Waals surface area contributed by atoms with Gasteiger partial charge in [0.2, 0.25) is 5.91 Å². The van der Waals surface area contributed by atoms with E-state index < -0.39 is 0 Å². The van der Waals surface area contributed by atoms with Crippen LogP contribution in [-0.2, 0) is 11.2 Å². The number of aromatic nitrogens is 2. The van der Waals surface area contributed by atoms with Crippen molar-refractivity contribution in [1.29, 1.82) is 0 Å². The van der Waals surface area contributed by atoms with Gasteiger partial charge in [0, 0.05) is 50.4 Å². The average Bonchev–Trinajstić information content (AvgIpc) is 3.36. The van der Waals surface area contributed by atoms with Crippen molar-refractivity contribution in [1.82, 2.24) is 20.4 Å². The minimum atomic E-state index is -0.295. The first kappa shape index (κ1) is 25.7. The standard InChI is InChI=1S/C26H32N4O5/c1-18(2)17-30(14-11-25(31)28-13-10-19-7-5-6-12-27-19)26(32)22-16-24(35-29-22)21-15-20(33-3)8-9-23(21)34-4/h5-9,12,15-16,18H,10-11,13-14,17H2,1-4H3,(H,28,31). The van der Waals surface area contributed by atoms with Gasteiger partial charge in [0.15, 0.2) is 11.5 Å². The molecule has 0 saturated carbocycles. The number of nitrogens with one attached hydrogen (secondary N) is 1. The lowest BCUT2D eigenvalue weighted by Crippen LogP contribution is -2.38. The molecule has 0 unspecified atom stereocenters. The van der Waals surface area contributed by atoms with Crippen molar-refractivity contribution in [2.75, 3.05) is 33.9 Å². The van der Waals surface area contributed by atoms with Crippen LogP contribution in [0.4, 0.5) is 0 Å². The zero-order valence-corrected chi connectivity index (χ0v) is 20.6. The number of benzene rings is 1. The fourth-order valence-electron chi connectivity index (χ4n) is 3.59. The van der Waals surface area contributed by atoms with Gasteiger partial charge in [0.25, 0.3) is 5.91 Å². The zero-order valence-electron chi connectivity index (χ0n) is 20.6. The van der Waals surface area contributed by atoms with Gasteiger partial charge in [0.1, 0.15) is 11.5 Å². The summed E-state index contributed by atoms with van der Waals surface area (Å²) in [4.78, 5) is 31.5. The largest absolute Gasteiger partial charge is 0.497 e. The number of hydrogen-bond acceptors (Lipinski definition) is 7. The normalized spacial score (nSPS) is 10.8. The van der Waals surface area contributed by atoms with Crippen molar-refractivity contribution in [3.63, 3.8) is 0 Å². The molecule has 2 heterocycles. The number of nitrogens with zero attached hydrogens (tertiary/aromatic N) is 3. The molecule has 186 valence electrons. The lowest BCUT2D eigenvalue weighted by atomic mass is 10.1. The first-order valence-corrected chi connectivity index (χ1v) is 11.6. The van der Waals surface area contributed by atoms with Gasteiger partial charge in [-0.25, -0.2) is 0 Å². The van der Waals surface area contributed by atoms with E-state index in [9.17, 15) is 9.59 Å². The molecule has 0 bridgehead atoms. The number of carbonyl (C=O) groups excluding carboxylic acids is 2. The van der Waals surface area contributed by atoms with E-state index in [1.807, 2.05) is 32.0 Å². The summed E-state index contributed by atoms with van der Waals surface area (Å²) >= 11 is 0. The van der Waals surface area contributed by atoms with Crippen molar-refractivity contribution in [3.8, 4) is 22.8 Å². The van der Waals surface area contributed by atoms with Crippen molar-refractivity contribution < 1.29 is 23.6 Å². The number of methoxy groups -OCH3 is 2. The van der Waals surface area contributed by atoms with Gasteiger partial charge in [-0.3, -0.25) is 14.6 Å². The van der Waals surface area contributed by atoms with Crippen molar-refractivity contribution >= 4 is 11.8 Å². The van der Waals surface area contributed by atoms with Crippen molar-refractivity contribution in [3.05, 3.63) is 60.0 Å². The third kappa shape index (κ3) is 7.30. The van der Waals surface area contributed by atoms with E-state index in [1.54, 1.807) is 49.6 Å². The van der Waals surface area contributed by atoms with Gasteiger partial charge < -0.3 is 24.2 Å². The number of amides is 2. The van der Waals surface area contributed by atoms with E-state index in [0.29, 0.717) is 42.3 Å². The molecule has 1 N–H and O–H groups in total. The maximum Gasteiger partial charge on any atom is 0.276 e. The third-order valence-electron chi connectivity index (χ3n) is 5.31. The fourth-order valence-corrected chi connectivity index (χ4v) is 3.59. The van der Waals surface area contributed by atoms with Crippen LogP contribution in [0.25, 0.3) is 11.3 Å². The van der Waals surface area contributed by atoms with Gasteiger partial charge in [0.05, 0.1) is 19.8 Å². The Morgan fingerprint density at radius 3 is 2.63 bits per heavy atom. The SMILES string of the molecule is COc1ccc(OC)c(-c2cc(C(=O)N(CCC(=O)NCCc3ccccn3)CC(C)C)no2)c1.